The molecule has 4 nitrogen and oxygen atoms in total. The molecule has 124 valence electrons. The maximum absolute atomic E-state index is 13.1. The van der Waals surface area contributed by atoms with Crippen molar-refractivity contribution >= 4 is 27.5 Å². The summed E-state index contributed by atoms with van der Waals surface area (Å²) in [4.78, 5) is 14.9. The topological polar surface area (TPSA) is 38.8 Å². The van der Waals surface area contributed by atoms with E-state index in [1.807, 2.05) is 36.4 Å². The Labute approximate surface area is 149 Å². The number of hydrogen-bond donors (Lipinski definition) is 0. The molecular formula is C19H18BrNO3. The second-order valence-corrected chi connectivity index (χ2v) is 6.94. The van der Waals surface area contributed by atoms with Crippen molar-refractivity contribution in [1.82, 2.24) is 0 Å². The predicted octanol–water partition coefficient (Wildman–Crippen LogP) is 3.63. The third kappa shape index (κ3) is 2.57. The summed E-state index contributed by atoms with van der Waals surface area (Å²) in [5.41, 5.74) is 2.88. The van der Waals surface area contributed by atoms with Crippen molar-refractivity contribution in [1.29, 1.82) is 0 Å². The SMILES string of the molecule is O=C1N(CCc2ccccc2)c2ccc(Br)cc2C12OCCCO2. The van der Waals surface area contributed by atoms with Crippen LogP contribution in [0.3, 0.4) is 0 Å². The molecule has 0 bridgehead atoms. The van der Waals surface area contributed by atoms with Crippen LogP contribution < -0.4 is 4.90 Å². The molecule has 2 heterocycles. The van der Waals surface area contributed by atoms with Crippen molar-refractivity contribution in [3.8, 4) is 0 Å². The quantitative estimate of drug-likeness (QED) is 0.806. The van der Waals surface area contributed by atoms with Crippen molar-refractivity contribution in [2.45, 2.75) is 18.6 Å². The molecular weight excluding hydrogens is 370 g/mol. The normalized spacial score (nSPS) is 18.9. The first-order valence-electron chi connectivity index (χ1n) is 8.14. The fourth-order valence-corrected chi connectivity index (χ4v) is 3.69. The molecule has 2 aromatic rings. The zero-order chi connectivity index (χ0) is 16.6. The van der Waals surface area contributed by atoms with Gasteiger partial charge in [0.15, 0.2) is 0 Å². The first kappa shape index (κ1) is 15.8. The Hall–Kier alpha value is -1.69. The van der Waals surface area contributed by atoms with E-state index in [0.29, 0.717) is 19.8 Å². The van der Waals surface area contributed by atoms with Crippen LogP contribution in [0.5, 0.6) is 0 Å². The maximum atomic E-state index is 13.1. The zero-order valence-electron chi connectivity index (χ0n) is 13.2. The van der Waals surface area contributed by atoms with Gasteiger partial charge in [0.1, 0.15) is 0 Å². The highest BCUT2D eigenvalue weighted by Crippen LogP contribution is 2.46. The van der Waals surface area contributed by atoms with E-state index in [-0.39, 0.29) is 5.91 Å². The van der Waals surface area contributed by atoms with Crippen LogP contribution in [0.25, 0.3) is 0 Å². The van der Waals surface area contributed by atoms with Gasteiger partial charge in [0, 0.05) is 16.6 Å². The molecule has 0 radical (unpaired) electrons. The van der Waals surface area contributed by atoms with Gasteiger partial charge in [0.2, 0.25) is 0 Å². The van der Waals surface area contributed by atoms with Crippen molar-refractivity contribution in [2.24, 2.45) is 0 Å². The Morgan fingerprint density at radius 3 is 2.58 bits per heavy atom. The first-order valence-corrected chi connectivity index (χ1v) is 8.94. The monoisotopic (exact) mass is 387 g/mol. The molecule has 0 aromatic heterocycles. The summed E-state index contributed by atoms with van der Waals surface area (Å²) in [7, 11) is 0. The Balaban J connectivity index is 1.67. The highest BCUT2D eigenvalue weighted by Gasteiger charge is 2.54. The molecule has 0 aliphatic carbocycles. The van der Waals surface area contributed by atoms with Gasteiger partial charge in [-0.1, -0.05) is 46.3 Å². The molecule has 4 rings (SSSR count). The third-order valence-corrected chi connectivity index (χ3v) is 4.99. The number of amides is 1. The number of fused-ring (bicyclic) bond motifs is 2. The van der Waals surface area contributed by atoms with E-state index < -0.39 is 5.79 Å². The Bertz CT molecular complexity index is 756. The van der Waals surface area contributed by atoms with Crippen LogP contribution in [0, 0.1) is 0 Å². The summed E-state index contributed by atoms with van der Waals surface area (Å²) in [6.07, 6.45) is 1.60. The molecule has 0 N–H and O–H groups in total. The zero-order valence-corrected chi connectivity index (χ0v) is 14.8. The van der Waals surface area contributed by atoms with E-state index in [9.17, 15) is 4.79 Å². The van der Waals surface area contributed by atoms with Crippen LogP contribution in [0.15, 0.2) is 53.0 Å². The lowest BCUT2D eigenvalue weighted by Crippen LogP contribution is -2.47. The van der Waals surface area contributed by atoms with E-state index >= 15 is 0 Å². The van der Waals surface area contributed by atoms with E-state index in [1.165, 1.54) is 5.56 Å². The highest BCUT2D eigenvalue weighted by atomic mass is 79.9. The number of rotatable bonds is 3. The van der Waals surface area contributed by atoms with Gasteiger partial charge >= 0.3 is 0 Å². The fraction of sp³-hybridized carbons (Fsp3) is 0.316. The summed E-state index contributed by atoms with van der Waals surface area (Å²) in [5, 5.41) is 0. The molecule has 1 amide bonds. The molecule has 1 saturated heterocycles. The number of hydrogen-bond acceptors (Lipinski definition) is 3. The summed E-state index contributed by atoms with van der Waals surface area (Å²) in [5.74, 6) is -1.39. The lowest BCUT2D eigenvalue weighted by Gasteiger charge is -2.32. The lowest BCUT2D eigenvalue weighted by atomic mass is 10.1. The van der Waals surface area contributed by atoms with Crippen LogP contribution in [-0.4, -0.2) is 25.7 Å². The number of halogens is 1. The van der Waals surface area contributed by atoms with Crippen LogP contribution in [0.1, 0.15) is 17.5 Å². The number of nitrogens with zero attached hydrogens (tertiary/aromatic N) is 1. The third-order valence-electron chi connectivity index (χ3n) is 4.50. The second-order valence-electron chi connectivity index (χ2n) is 6.02. The molecule has 2 aromatic carbocycles. The molecule has 0 unspecified atom stereocenters. The van der Waals surface area contributed by atoms with E-state index in [4.69, 9.17) is 9.47 Å². The molecule has 0 atom stereocenters. The lowest BCUT2D eigenvalue weighted by molar-refractivity contribution is -0.256. The predicted molar refractivity (Wildman–Crippen MR) is 94.8 cm³/mol. The van der Waals surface area contributed by atoms with Crippen molar-refractivity contribution in [2.75, 3.05) is 24.7 Å². The van der Waals surface area contributed by atoms with Gasteiger partial charge in [-0.2, -0.15) is 0 Å². The van der Waals surface area contributed by atoms with Gasteiger partial charge < -0.3 is 14.4 Å². The van der Waals surface area contributed by atoms with Crippen LogP contribution in [0.2, 0.25) is 0 Å². The number of ether oxygens (including phenoxy) is 2. The number of anilines is 1. The average Bonchev–Trinajstić information content (AvgIpc) is 2.83. The molecule has 1 spiro atoms. The first-order chi connectivity index (χ1) is 11.7. The van der Waals surface area contributed by atoms with Crippen molar-refractivity contribution in [3.05, 3.63) is 64.1 Å². The minimum Gasteiger partial charge on any atom is -0.338 e. The van der Waals surface area contributed by atoms with Gasteiger partial charge in [0.25, 0.3) is 11.7 Å². The van der Waals surface area contributed by atoms with Gasteiger partial charge in [-0.25, -0.2) is 0 Å². The molecule has 2 aliphatic rings. The Morgan fingerprint density at radius 1 is 1.08 bits per heavy atom. The number of carbonyl (C=O) groups excluding carboxylic acids is 1. The largest absolute Gasteiger partial charge is 0.338 e. The van der Waals surface area contributed by atoms with Crippen molar-refractivity contribution in [3.63, 3.8) is 0 Å². The number of carbonyl (C=O) groups is 1. The van der Waals surface area contributed by atoms with Crippen LogP contribution >= 0.6 is 15.9 Å². The van der Waals surface area contributed by atoms with E-state index in [2.05, 4.69) is 28.1 Å². The smallest absolute Gasteiger partial charge is 0.292 e. The fourth-order valence-electron chi connectivity index (χ4n) is 3.33. The minimum absolute atomic E-state index is 0.119. The van der Waals surface area contributed by atoms with Crippen LogP contribution in [-0.2, 0) is 26.5 Å². The molecule has 1 fully saturated rings. The van der Waals surface area contributed by atoms with Crippen LogP contribution in [0.4, 0.5) is 5.69 Å². The van der Waals surface area contributed by atoms with Crippen molar-refractivity contribution < 1.29 is 14.3 Å². The Kier molecular flexibility index (Phi) is 4.16. The Morgan fingerprint density at radius 2 is 1.83 bits per heavy atom. The molecule has 24 heavy (non-hydrogen) atoms. The van der Waals surface area contributed by atoms with Gasteiger partial charge in [-0.15, -0.1) is 0 Å². The van der Waals surface area contributed by atoms with Gasteiger partial charge in [-0.3, -0.25) is 4.79 Å². The second kappa shape index (κ2) is 6.31. The highest BCUT2D eigenvalue weighted by molar-refractivity contribution is 9.10. The summed E-state index contributed by atoms with van der Waals surface area (Å²) >= 11 is 3.49. The van der Waals surface area contributed by atoms with E-state index in [1.54, 1.807) is 4.90 Å². The maximum Gasteiger partial charge on any atom is 0.292 e. The molecule has 2 aliphatic heterocycles. The molecule has 0 saturated carbocycles. The summed E-state index contributed by atoms with van der Waals surface area (Å²) in [6.45, 7) is 1.67. The average molecular weight is 388 g/mol. The van der Waals surface area contributed by atoms with Gasteiger partial charge in [-0.05, 0) is 36.6 Å². The number of benzene rings is 2. The standard InChI is InChI=1S/C19H18BrNO3/c20-15-7-8-17-16(13-15)19(23-11-4-12-24-19)18(22)21(17)10-9-14-5-2-1-3-6-14/h1-3,5-8,13H,4,9-12H2. The summed E-state index contributed by atoms with van der Waals surface area (Å²) in [6, 6.07) is 16.0. The van der Waals surface area contributed by atoms with Gasteiger partial charge in [0.05, 0.1) is 18.9 Å². The summed E-state index contributed by atoms with van der Waals surface area (Å²) < 4.78 is 12.6. The molecule has 5 heteroatoms. The minimum atomic E-state index is -1.27. The van der Waals surface area contributed by atoms with E-state index in [0.717, 1.165) is 28.6 Å².